The van der Waals surface area contributed by atoms with E-state index in [1.165, 1.54) is 15.9 Å². The Morgan fingerprint density at radius 1 is 1.30 bits per heavy atom. The fraction of sp³-hybridized carbons (Fsp3) is 0.562. The molecule has 1 N–H and O–H groups in total. The molecule has 7 heteroatoms. The number of nitrogens with one attached hydrogen (secondary N) is 1. The lowest BCUT2D eigenvalue weighted by Crippen LogP contribution is -2.25. The highest BCUT2D eigenvalue weighted by Crippen LogP contribution is 2.27. The predicted molar refractivity (Wildman–Crippen MR) is 94.5 cm³/mol. The van der Waals surface area contributed by atoms with Gasteiger partial charge in [0.05, 0.1) is 10.3 Å². The third-order valence-corrected chi connectivity index (χ3v) is 5.10. The first kappa shape index (κ1) is 17.6. The molecule has 0 aromatic carbocycles. The van der Waals surface area contributed by atoms with E-state index in [0.717, 1.165) is 24.9 Å². The molecule has 0 aliphatic carbocycles. The van der Waals surface area contributed by atoms with E-state index in [-0.39, 0.29) is 11.5 Å². The zero-order valence-electron chi connectivity index (χ0n) is 14.4. The van der Waals surface area contributed by atoms with Crippen molar-refractivity contribution in [2.45, 2.75) is 26.7 Å². The second kappa shape index (κ2) is 7.23. The van der Waals surface area contributed by atoms with Gasteiger partial charge in [-0.15, -0.1) is 11.3 Å². The average Bonchev–Trinajstić information content (AvgIpc) is 2.81. The molecule has 2 aromatic rings. The Labute approximate surface area is 140 Å². The van der Waals surface area contributed by atoms with E-state index in [2.05, 4.69) is 15.2 Å². The number of thiophene rings is 1. The third kappa shape index (κ3) is 3.79. The van der Waals surface area contributed by atoms with Crippen molar-refractivity contribution in [1.29, 1.82) is 0 Å². The maximum atomic E-state index is 12.4. The van der Waals surface area contributed by atoms with E-state index in [9.17, 15) is 9.59 Å². The van der Waals surface area contributed by atoms with Crippen molar-refractivity contribution in [2.24, 2.45) is 7.05 Å². The zero-order valence-corrected chi connectivity index (χ0v) is 15.2. The summed E-state index contributed by atoms with van der Waals surface area (Å²) >= 11 is 1.29. The molecule has 0 saturated carbocycles. The maximum absolute atomic E-state index is 12.4. The van der Waals surface area contributed by atoms with Gasteiger partial charge < -0.3 is 10.2 Å². The highest BCUT2D eigenvalue weighted by Gasteiger charge is 2.19. The van der Waals surface area contributed by atoms with Gasteiger partial charge in [-0.25, -0.2) is 4.98 Å². The number of rotatable bonds is 6. The van der Waals surface area contributed by atoms with Gasteiger partial charge in [0.15, 0.2) is 0 Å². The molecule has 0 aliphatic heterocycles. The highest BCUT2D eigenvalue weighted by atomic mass is 32.1. The van der Waals surface area contributed by atoms with Gasteiger partial charge in [-0.2, -0.15) is 0 Å². The number of fused-ring (bicyclic) bond motifs is 1. The molecule has 0 spiro atoms. The van der Waals surface area contributed by atoms with Crippen LogP contribution in [0.15, 0.2) is 4.79 Å². The quantitative estimate of drug-likeness (QED) is 0.815. The minimum atomic E-state index is -0.116. The number of nitrogens with zero attached hydrogens (tertiary/aromatic N) is 3. The van der Waals surface area contributed by atoms with Crippen molar-refractivity contribution in [3.8, 4) is 0 Å². The van der Waals surface area contributed by atoms with E-state index in [1.54, 1.807) is 14.0 Å². The Kier molecular flexibility index (Phi) is 5.54. The molecule has 0 atom stereocenters. The first-order chi connectivity index (χ1) is 10.8. The van der Waals surface area contributed by atoms with E-state index < -0.39 is 0 Å². The van der Waals surface area contributed by atoms with Crippen LogP contribution in [0.1, 0.15) is 33.9 Å². The smallest absolute Gasteiger partial charge is 0.262 e. The van der Waals surface area contributed by atoms with Crippen LogP contribution >= 0.6 is 11.3 Å². The molecule has 126 valence electrons. The van der Waals surface area contributed by atoms with Crippen LogP contribution in [0.4, 0.5) is 0 Å². The number of aromatic nitrogens is 2. The van der Waals surface area contributed by atoms with E-state index >= 15 is 0 Å². The molecule has 0 unspecified atom stereocenters. The molecule has 23 heavy (non-hydrogen) atoms. The minimum absolute atomic E-state index is 0.0914. The Balaban J connectivity index is 2.14. The van der Waals surface area contributed by atoms with Crippen molar-refractivity contribution >= 4 is 27.5 Å². The lowest BCUT2D eigenvalue weighted by molar-refractivity contribution is 0.0956. The molecular weight excluding hydrogens is 312 g/mol. The maximum Gasteiger partial charge on any atom is 0.262 e. The summed E-state index contributed by atoms with van der Waals surface area (Å²) in [5.41, 5.74) is 0.634. The summed E-state index contributed by atoms with van der Waals surface area (Å²) < 4.78 is 1.52. The number of aryl methyl sites for hydroxylation is 2. The van der Waals surface area contributed by atoms with Gasteiger partial charge >= 0.3 is 0 Å². The van der Waals surface area contributed by atoms with Gasteiger partial charge in [0.2, 0.25) is 0 Å². The van der Waals surface area contributed by atoms with E-state index in [1.807, 2.05) is 21.0 Å². The summed E-state index contributed by atoms with van der Waals surface area (Å²) in [7, 11) is 5.77. The Bertz CT molecular complexity index is 776. The number of amides is 1. The summed E-state index contributed by atoms with van der Waals surface area (Å²) in [6.45, 7) is 5.26. The molecule has 0 bridgehead atoms. The van der Waals surface area contributed by atoms with Crippen LogP contribution in [-0.2, 0) is 7.05 Å². The Hall–Kier alpha value is -1.73. The van der Waals surface area contributed by atoms with Crippen molar-refractivity contribution in [1.82, 2.24) is 19.8 Å². The normalized spacial score (nSPS) is 11.4. The minimum Gasteiger partial charge on any atom is -0.351 e. The summed E-state index contributed by atoms with van der Waals surface area (Å²) in [6, 6.07) is 0. The van der Waals surface area contributed by atoms with Gasteiger partial charge in [-0.1, -0.05) is 0 Å². The van der Waals surface area contributed by atoms with Gasteiger partial charge in [-0.3, -0.25) is 14.2 Å². The van der Waals surface area contributed by atoms with Crippen molar-refractivity contribution in [3.63, 3.8) is 0 Å². The standard InChI is InChI=1S/C16H24N4O2S/c1-10-12-15(18-11(2)20(5)16(12)22)23-13(10)14(21)17-8-6-7-9-19(3)4/h6-9H2,1-5H3,(H,17,21). The molecule has 2 rings (SSSR count). The SMILES string of the molecule is Cc1c(C(=O)NCCCCN(C)C)sc2nc(C)n(C)c(=O)c12. The van der Waals surface area contributed by atoms with Gasteiger partial charge in [0.1, 0.15) is 10.7 Å². The summed E-state index contributed by atoms with van der Waals surface area (Å²) in [5.74, 6) is 0.537. The topological polar surface area (TPSA) is 67.2 Å². The molecule has 0 saturated heterocycles. The lowest BCUT2D eigenvalue weighted by atomic mass is 10.2. The van der Waals surface area contributed by atoms with Crippen molar-refractivity contribution in [3.05, 3.63) is 26.6 Å². The molecule has 2 heterocycles. The predicted octanol–water partition coefficient (Wildman–Crippen LogP) is 1.68. The summed E-state index contributed by atoms with van der Waals surface area (Å²) in [6.07, 6.45) is 1.98. The number of unbranched alkanes of at least 4 members (excludes halogenated alkanes) is 1. The van der Waals surface area contributed by atoms with Gasteiger partial charge in [0.25, 0.3) is 11.5 Å². The number of hydrogen-bond acceptors (Lipinski definition) is 5. The van der Waals surface area contributed by atoms with Crippen LogP contribution in [0, 0.1) is 13.8 Å². The third-order valence-electron chi connectivity index (χ3n) is 3.92. The van der Waals surface area contributed by atoms with Crippen LogP contribution in [0.2, 0.25) is 0 Å². The first-order valence-corrected chi connectivity index (χ1v) is 8.54. The molecule has 2 aromatic heterocycles. The van der Waals surface area contributed by atoms with Gasteiger partial charge in [0, 0.05) is 13.6 Å². The number of carbonyl (C=O) groups excluding carboxylic acids is 1. The largest absolute Gasteiger partial charge is 0.351 e. The van der Waals surface area contributed by atoms with Crippen LogP contribution in [-0.4, -0.2) is 47.5 Å². The fourth-order valence-corrected chi connectivity index (χ4v) is 3.55. The molecular formula is C16H24N4O2S. The molecule has 0 fully saturated rings. The first-order valence-electron chi connectivity index (χ1n) is 7.72. The van der Waals surface area contributed by atoms with E-state index in [4.69, 9.17) is 0 Å². The number of hydrogen-bond donors (Lipinski definition) is 1. The second-order valence-corrected chi connectivity index (χ2v) is 7.02. The fourth-order valence-electron chi connectivity index (χ4n) is 2.42. The highest BCUT2D eigenvalue weighted by molar-refractivity contribution is 7.20. The monoisotopic (exact) mass is 336 g/mol. The van der Waals surface area contributed by atoms with Crippen LogP contribution in [0.3, 0.4) is 0 Å². The van der Waals surface area contributed by atoms with Crippen LogP contribution < -0.4 is 10.9 Å². The lowest BCUT2D eigenvalue weighted by Gasteiger charge is -2.09. The Morgan fingerprint density at radius 2 is 2.00 bits per heavy atom. The molecule has 1 amide bonds. The summed E-state index contributed by atoms with van der Waals surface area (Å²) in [5, 5.41) is 3.50. The van der Waals surface area contributed by atoms with Gasteiger partial charge in [-0.05, 0) is 52.9 Å². The summed E-state index contributed by atoms with van der Waals surface area (Å²) in [4.78, 5) is 32.5. The van der Waals surface area contributed by atoms with Crippen molar-refractivity contribution < 1.29 is 4.79 Å². The molecule has 0 radical (unpaired) electrons. The zero-order chi connectivity index (χ0) is 17.1. The number of carbonyl (C=O) groups is 1. The average molecular weight is 336 g/mol. The van der Waals surface area contributed by atoms with Crippen LogP contribution in [0.25, 0.3) is 10.2 Å². The van der Waals surface area contributed by atoms with Crippen LogP contribution in [0.5, 0.6) is 0 Å². The second-order valence-electron chi connectivity index (χ2n) is 6.03. The molecule has 0 aliphatic rings. The van der Waals surface area contributed by atoms with Crippen molar-refractivity contribution in [2.75, 3.05) is 27.2 Å². The van der Waals surface area contributed by atoms with E-state index in [0.29, 0.717) is 27.5 Å². The Morgan fingerprint density at radius 3 is 2.65 bits per heavy atom. The molecule has 6 nitrogen and oxygen atoms in total.